The number of hydrogen-bond acceptors (Lipinski definition) is 6. The minimum absolute atomic E-state index is 0.000621. The van der Waals surface area contributed by atoms with Crippen molar-refractivity contribution in [3.05, 3.63) is 56.5 Å². The van der Waals surface area contributed by atoms with Crippen LogP contribution in [0.4, 0.5) is 0 Å². The summed E-state index contributed by atoms with van der Waals surface area (Å²) in [5.74, 6) is 0.803. The Morgan fingerprint density at radius 2 is 2.17 bits per heavy atom. The quantitative estimate of drug-likeness (QED) is 0.717. The smallest absolute Gasteiger partial charge is 0.259 e. The van der Waals surface area contributed by atoms with Gasteiger partial charge in [-0.2, -0.15) is 0 Å². The summed E-state index contributed by atoms with van der Waals surface area (Å²) in [6.45, 7) is 6.23. The molecule has 0 bridgehead atoms. The van der Waals surface area contributed by atoms with Crippen LogP contribution in [0.3, 0.4) is 0 Å². The lowest BCUT2D eigenvalue weighted by Crippen LogP contribution is -2.32. The number of rotatable bonds is 2. The van der Waals surface area contributed by atoms with Crippen molar-refractivity contribution in [1.29, 1.82) is 0 Å². The first kappa shape index (κ1) is 14.5. The molecule has 0 saturated carbocycles. The molecule has 4 heterocycles. The molecule has 0 atom stereocenters. The second-order valence-electron chi connectivity index (χ2n) is 5.93. The Labute approximate surface area is 137 Å². The van der Waals surface area contributed by atoms with Gasteiger partial charge in [0, 0.05) is 43.0 Å². The van der Waals surface area contributed by atoms with E-state index in [1.807, 2.05) is 25.4 Å². The first-order valence-electron chi connectivity index (χ1n) is 7.61. The highest BCUT2D eigenvalue weighted by atomic mass is 32.1. The topological polar surface area (TPSA) is 63.4 Å². The van der Waals surface area contributed by atoms with Crippen LogP contribution in [0.25, 0.3) is 4.96 Å². The molecular formula is C16H17N5OS. The first-order valence-corrected chi connectivity index (χ1v) is 8.48. The summed E-state index contributed by atoms with van der Waals surface area (Å²) in [7, 11) is 0. The molecule has 3 aromatic heterocycles. The molecule has 3 aromatic rings. The Bertz CT molecular complexity index is 945. The number of fused-ring (bicyclic) bond motifs is 2. The molecule has 6 nitrogen and oxygen atoms in total. The van der Waals surface area contributed by atoms with Gasteiger partial charge in [-0.25, -0.2) is 15.0 Å². The highest BCUT2D eigenvalue weighted by molar-refractivity contribution is 7.15. The van der Waals surface area contributed by atoms with Crippen molar-refractivity contribution in [2.24, 2.45) is 0 Å². The molecule has 0 aromatic carbocycles. The third-order valence-electron chi connectivity index (χ3n) is 4.16. The SMILES string of the molecule is Cc1ncc2c(n1)CN(Cc1cc(=O)n3c(C)csc3n1)CC2. The maximum atomic E-state index is 12.3. The average Bonchev–Trinajstić information content (AvgIpc) is 2.88. The van der Waals surface area contributed by atoms with Gasteiger partial charge in [0.05, 0.1) is 11.4 Å². The summed E-state index contributed by atoms with van der Waals surface area (Å²) in [6, 6.07) is 1.65. The van der Waals surface area contributed by atoms with Crippen LogP contribution in [0.15, 0.2) is 22.4 Å². The second-order valence-corrected chi connectivity index (χ2v) is 6.77. The van der Waals surface area contributed by atoms with Gasteiger partial charge in [0.25, 0.3) is 5.56 Å². The van der Waals surface area contributed by atoms with Crippen molar-refractivity contribution in [3.63, 3.8) is 0 Å². The molecular weight excluding hydrogens is 310 g/mol. The first-order chi connectivity index (χ1) is 11.1. The van der Waals surface area contributed by atoms with Crippen LogP contribution in [0.1, 0.15) is 28.5 Å². The summed E-state index contributed by atoms with van der Waals surface area (Å²) >= 11 is 1.51. The molecule has 1 aliphatic heterocycles. The van der Waals surface area contributed by atoms with Crippen LogP contribution in [0.2, 0.25) is 0 Å². The van der Waals surface area contributed by atoms with Crippen molar-refractivity contribution in [3.8, 4) is 0 Å². The van der Waals surface area contributed by atoms with Crippen LogP contribution in [0.5, 0.6) is 0 Å². The summed E-state index contributed by atoms with van der Waals surface area (Å²) in [4.78, 5) is 28.7. The molecule has 4 rings (SSSR count). The van der Waals surface area contributed by atoms with Gasteiger partial charge >= 0.3 is 0 Å². The van der Waals surface area contributed by atoms with Crippen LogP contribution in [-0.2, 0) is 19.5 Å². The number of aromatic nitrogens is 4. The van der Waals surface area contributed by atoms with Gasteiger partial charge in [0.2, 0.25) is 0 Å². The van der Waals surface area contributed by atoms with E-state index in [0.717, 1.165) is 47.4 Å². The third kappa shape index (κ3) is 2.66. The summed E-state index contributed by atoms with van der Waals surface area (Å²) in [5, 5.41) is 1.96. The monoisotopic (exact) mass is 327 g/mol. The predicted molar refractivity (Wildman–Crippen MR) is 88.7 cm³/mol. The minimum atomic E-state index is -0.000621. The molecule has 0 radical (unpaired) electrons. The molecule has 0 unspecified atom stereocenters. The van der Waals surface area contributed by atoms with Gasteiger partial charge in [0.1, 0.15) is 5.82 Å². The summed E-state index contributed by atoms with van der Waals surface area (Å²) in [6.07, 6.45) is 2.87. The van der Waals surface area contributed by atoms with E-state index in [1.165, 1.54) is 16.9 Å². The Morgan fingerprint density at radius 1 is 1.30 bits per heavy atom. The van der Waals surface area contributed by atoms with Crippen molar-refractivity contribution in [2.75, 3.05) is 6.54 Å². The van der Waals surface area contributed by atoms with Crippen molar-refractivity contribution >= 4 is 16.3 Å². The molecule has 0 amide bonds. The molecule has 0 aliphatic carbocycles. The maximum absolute atomic E-state index is 12.3. The fourth-order valence-corrected chi connectivity index (χ4v) is 3.89. The van der Waals surface area contributed by atoms with Gasteiger partial charge in [-0.1, -0.05) is 0 Å². The van der Waals surface area contributed by atoms with Gasteiger partial charge in [-0.05, 0) is 25.8 Å². The van der Waals surface area contributed by atoms with Crippen LogP contribution >= 0.6 is 11.3 Å². The van der Waals surface area contributed by atoms with E-state index in [4.69, 9.17) is 0 Å². The van der Waals surface area contributed by atoms with Gasteiger partial charge in [0.15, 0.2) is 4.96 Å². The van der Waals surface area contributed by atoms with E-state index in [0.29, 0.717) is 6.54 Å². The Morgan fingerprint density at radius 3 is 3.04 bits per heavy atom. The minimum Gasteiger partial charge on any atom is -0.291 e. The number of thiazole rings is 1. The van der Waals surface area contributed by atoms with Gasteiger partial charge in [-0.3, -0.25) is 14.1 Å². The predicted octanol–water partition coefficient (Wildman–Crippen LogP) is 1.72. The van der Waals surface area contributed by atoms with Crippen molar-refractivity contribution in [1.82, 2.24) is 24.3 Å². The zero-order valence-corrected chi connectivity index (χ0v) is 13.9. The third-order valence-corrected chi connectivity index (χ3v) is 5.10. The molecule has 7 heteroatoms. The lowest BCUT2D eigenvalue weighted by Gasteiger charge is -2.27. The number of nitrogens with zero attached hydrogens (tertiary/aromatic N) is 5. The Hall–Kier alpha value is -2.12. The molecule has 0 N–H and O–H groups in total. The average molecular weight is 327 g/mol. The Balaban J connectivity index is 1.60. The molecule has 1 aliphatic rings. The van der Waals surface area contributed by atoms with Crippen molar-refractivity contribution < 1.29 is 0 Å². The maximum Gasteiger partial charge on any atom is 0.259 e. The molecule has 23 heavy (non-hydrogen) atoms. The van der Waals surface area contributed by atoms with Gasteiger partial charge in [-0.15, -0.1) is 11.3 Å². The van der Waals surface area contributed by atoms with E-state index < -0.39 is 0 Å². The normalized spacial score (nSPS) is 15.0. The summed E-state index contributed by atoms with van der Waals surface area (Å²) < 4.78 is 1.66. The fourth-order valence-electron chi connectivity index (χ4n) is 3.00. The lowest BCUT2D eigenvalue weighted by molar-refractivity contribution is 0.238. The molecule has 0 saturated heterocycles. The highest BCUT2D eigenvalue weighted by Crippen LogP contribution is 2.18. The largest absolute Gasteiger partial charge is 0.291 e. The van der Waals surface area contributed by atoms with E-state index in [9.17, 15) is 4.79 Å². The zero-order valence-electron chi connectivity index (χ0n) is 13.1. The Kier molecular flexibility index (Phi) is 3.46. The van der Waals surface area contributed by atoms with Gasteiger partial charge < -0.3 is 0 Å². The van der Waals surface area contributed by atoms with E-state index >= 15 is 0 Å². The van der Waals surface area contributed by atoms with Crippen LogP contribution < -0.4 is 5.56 Å². The molecule has 118 valence electrons. The second kappa shape index (κ2) is 5.50. The highest BCUT2D eigenvalue weighted by Gasteiger charge is 2.19. The molecule has 0 spiro atoms. The summed E-state index contributed by atoms with van der Waals surface area (Å²) in [5.41, 5.74) is 4.08. The van der Waals surface area contributed by atoms with Crippen LogP contribution in [0, 0.1) is 13.8 Å². The van der Waals surface area contributed by atoms with Crippen molar-refractivity contribution in [2.45, 2.75) is 33.4 Å². The fraction of sp³-hybridized carbons (Fsp3) is 0.375. The molecule has 0 fully saturated rings. The van der Waals surface area contributed by atoms with E-state index in [2.05, 4.69) is 19.9 Å². The lowest BCUT2D eigenvalue weighted by atomic mass is 10.1. The number of aryl methyl sites for hydroxylation is 2. The zero-order chi connectivity index (χ0) is 16.0. The number of hydrogen-bond donors (Lipinski definition) is 0. The van der Waals surface area contributed by atoms with Crippen LogP contribution in [-0.4, -0.2) is 30.8 Å². The standard InChI is InChI=1S/C16H17N5OS/c1-10-9-23-16-19-13(5-15(22)21(10)16)7-20-4-3-12-6-17-11(2)18-14(12)8-20/h5-6,9H,3-4,7-8H2,1-2H3. The van der Waals surface area contributed by atoms with E-state index in [-0.39, 0.29) is 5.56 Å². The van der Waals surface area contributed by atoms with E-state index in [1.54, 1.807) is 10.5 Å².